The number of piperidine rings is 1. The van der Waals surface area contributed by atoms with Crippen molar-refractivity contribution in [3.63, 3.8) is 0 Å². The Labute approximate surface area is 87.3 Å². The number of hydrogen-bond acceptors (Lipinski definition) is 3. The van der Waals surface area contributed by atoms with Gasteiger partial charge in [0, 0.05) is 48.0 Å². The van der Waals surface area contributed by atoms with Gasteiger partial charge in [0.25, 0.3) is 0 Å². The summed E-state index contributed by atoms with van der Waals surface area (Å²) in [5.74, 6) is 0. The van der Waals surface area contributed by atoms with Gasteiger partial charge in [-0.25, -0.2) is 3.11 Å². The van der Waals surface area contributed by atoms with E-state index >= 15 is 0 Å². The first-order valence-corrected chi connectivity index (χ1v) is 5.47. The van der Waals surface area contributed by atoms with Crippen LogP contribution in [-0.4, -0.2) is 32.6 Å². The highest BCUT2D eigenvalue weighted by Gasteiger charge is 2.44. The van der Waals surface area contributed by atoms with Crippen LogP contribution in [0.5, 0.6) is 0 Å². The van der Waals surface area contributed by atoms with E-state index < -0.39 is 0 Å². The maximum atomic E-state index is 4.34. The van der Waals surface area contributed by atoms with Crippen LogP contribution >= 0.6 is 35.7 Å². The van der Waals surface area contributed by atoms with E-state index in [0.29, 0.717) is 5.54 Å². The Hall–Kier alpha value is 1.00. The summed E-state index contributed by atoms with van der Waals surface area (Å²) in [5, 5.41) is 0. The van der Waals surface area contributed by atoms with Crippen molar-refractivity contribution in [2.75, 3.05) is 19.6 Å². The van der Waals surface area contributed by atoms with Crippen LogP contribution in [-0.2, 0) is 0 Å². The molecule has 0 radical (unpaired) electrons. The topological polar surface area (TPSA) is 6.48 Å². The SMILES string of the molecule is SN1CCC2(CC1)CCN2I. The minimum atomic E-state index is 0.569. The van der Waals surface area contributed by atoms with Crippen molar-refractivity contribution in [3.05, 3.63) is 0 Å². The van der Waals surface area contributed by atoms with Crippen LogP contribution in [0.2, 0.25) is 0 Å². The van der Waals surface area contributed by atoms with Gasteiger partial charge in [0.1, 0.15) is 0 Å². The molecule has 0 unspecified atom stereocenters. The Kier molecular flexibility index (Phi) is 2.38. The Balaban J connectivity index is 1.96. The minimum Gasteiger partial charge on any atom is -0.253 e. The van der Waals surface area contributed by atoms with E-state index in [0.717, 1.165) is 13.1 Å². The second-order valence-electron chi connectivity index (χ2n) is 3.51. The molecule has 0 saturated carbocycles. The van der Waals surface area contributed by atoms with Gasteiger partial charge in [-0.2, -0.15) is 0 Å². The minimum absolute atomic E-state index is 0.569. The molecule has 0 aliphatic carbocycles. The summed E-state index contributed by atoms with van der Waals surface area (Å²) >= 11 is 6.81. The summed E-state index contributed by atoms with van der Waals surface area (Å²) in [7, 11) is 0. The molecule has 0 N–H and O–H groups in total. The van der Waals surface area contributed by atoms with Crippen LogP contribution in [0.1, 0.15) is 19.3 Å². The van der Waals surface area contributed by atoms with Gasteiger partial charge >= 0.3 is 0 Å². The molecule has 2 fully saturated rings. The Bertz CT molecular complexity index is 157. The normalized spacial score (nSPS) is 32.2. The van der Waals surface area contributed by atoms with Gasteiger partial charge in [-0.05, 0) is 19.3 Å². The molecule has 0 aromatic heterocycles. The van der Waals surface area contributed by atoms with Crippen LogP contribution in [0.3, 0.4) is 0 Å². The van der Waals surface area contributed by atoms with Gasteiger partial charge in [-0.15, -0.1) is 0 Å². The van der Waals surface area contributed by atoms with Gasteiger partial charge in [-0.1, -0.05) is 12.8 Å². The third-order valence-electron chi connectivity index (χ3n) is 2.96. The fourth-order valence-corrected chi connectivity index (χ4v) is 3.08. The first-order valence-electron chi connectivity index (χ1n) is 4.10. The quantitative estimate of drug-likeness (QED) is 0.411. The lowest BCUT2D eigenvalue weighted by Gasteiger charge is -2.52. The Morgan fingerprint density at radius 3 is 2.00 bits per heavy atom. The fourth-order valence-electron chi connectivity index (χ4n) is 1.92. The highest BCUT2D eigenvalue weighted by atomic mass is 127. The third kappa shape index (κ3) is 1.43. The van der Waals surface area contributed by atoms with E-state index in [1.165, 1.54) is 25.8 Å². The zero-order valence-corrected chi connectivity index (χ0v) is 9.51. The monoisotopic (exact) mass is 284 g/mol. The van der Waals surface area contributed by atoms with E-state index in [2.05, 4.69) is 43.1 Å². The molecular weight excluding hydrogens is 271 g/mol. The lowest BCUT2D eigenvalue weighted by molar-refractivity contribution is 0.0510. The second-order valence-corrected chi connectivity index (χ2v) is 5.24. The Morgan fingerprint density at radius 2 is 1.64 bits per heavy atom. The number of thiol groups is 1. The van der Waals surface area contributed by atoms with Gasteiger partial charge in [0.15, 0.2) is 0 Å². The molecule has 0 bridgehead atoms. The lowest BCUT2D eigenvalue weighted by Crippen LogP contribution is -2.58. The number of hydrogen-bond donors (Lipinski definition) is 1. The number of nitrogens with zero attached hydrogens (tertiary/aromatic N) is 2. The molecule has 11 heavy (non-hydrogen) atoms. The van der Waals surface area contributed by atoms with E-state index in [1.54, 1.807) is 0 Å². The second kappa shape index (κ2) is 3.05. The first-order chi connectivity index (χ1) is 5.23. The Morgan fingerprint density at radius 1 is 1.09 bits per heavy atom. The average molecular weight is 284 g/mol. The molecule has 0 aromatic rings. The standard InChI is InChI=1S/C7H13IN2S/c8-10-6-3-7(10)1-4-9(11)5-2-7/h11H,1-6H2. The van der Waals surface area contributed by atoms with Crippen LogP contribution in [0.15, 0.2) is 0 Å². The van der Waals surface area contributed by atoms with Gasteiger partial charge in [0.2, 0.25) is 0 Å². The first kappa shape index (κ1) is 8.59. The molecule has 2 aliphatic rings. The van der Waals surface area contributed by atoms with Crippen molar-refractivity contribution >= 4 is 35.7 Å². The lowest BCUT2D eigenvalue weighted by atomic mass is 9.79. The van der Waals surface area contributed by atoms with E-state index in [1.807, 2.05) is 0 Å². The molecule has 4 heteroatoms. The van der Waals surface area contributed by atoms with Crippen molar-refractivity contribution in [1.82, 2.24) is 7.42 Å². The smallest absolute Gasteiger partial charge is 0.0342 e. The molecule has 2 heterocycles. The molecular formula is C7H13IN2S. The van der Waals surface area contributed by atoms with E-state index in [-0.39, 0.29) is 0 Å². The summed E-state index contributed by atoms with van der Waals surface area (Å²) in [6, 6.07) is 0. The zero-order valence-electron chi connectivity index (χ0n) is 6.46. The molecule has 1 spiro atoms. The highest BCUT2D eigenvalue weighted by Crippen LogP contribution is 2.42. The van der Waals surface area contributed by atoms with Gasteiger partial charge in [-0.3, -0.25) is 4.31 Å². The van der Waals surface area contributed by atoms with Crippen molar-refractivity contribution in [2.24, 2.45) is 0 Å². The van der Waals surface area contributed by atoms with Crippen LogP contribution in [0.25, 0.3) is 0 Å². The van der Waals surface area contributed by atoms with Gasteiger partial charge < -0.3 is 0 Å². The van der Waals surface area contributed by atoms with E-state index in [4.69, 9.17) is 0 Å². The zero-order chi connectivity index (χ0) is 7.90. The summed E-state index contributed by atoms with van der Waals surface area (Å²) in [5.41, 5.74) is 0.569. The largest absolute Gasteiger partial charge is 0.253 e. The molecule has 2 nitrogen and oxygen atoms in total. The number of halogens is 1. The molecule has 2 saturated heterocycles. The average Bonchev–Trinajstić information content (AvgIpc) is 2.03. The van der Waals surface area contributed by atoms with Crippen molar-refractivity contribution in [3.8, 4) is 0 Å². The maximum absolute atomic E-state index is 4.34. The van der Waals surface area contributed by atoms with Crippen LogP contribution in [0.4, 0.5) is 0 Å². The van der Waals surface area contributed by atoms with Crippen LogP contribution in [0, 0.1) is 0 Å². The summed E-state index contributed by atoms with van der Waals surface area (Å²) < 4.78 is 4.61. The summed E-state index contributed by atoms with van der Waals surface area (Å²) in [6.45, 7) is 3.60. The number of rotatable bonds is 0. The van der Waals surface area contributed by atoms with Crippen molar-refractivity contribution < 1.29 is 0 Å². The molecule has 64 valence electrons. The molecule has 0 amide bonds. The molecule has 2 aliphatic heterocycles. The van der Waals surface area contributed by atoms with Crippen molar-refractivity contribution in [2.45, 2.75) is 24.8 Å². The van der Waals surface area contributed by atoms with E-state index in [9.17, 15) is 0 Å². The summed E-state index contributed by atoms with van der Waals surface area (Å²) in [4.78, 5) is 0. The third-order valence-corrected chi connectivity index (χ3v) is 4.86. The van der Waals surface area contributed by atoms with Crippen LogP contribution < -0.4 is 0 Å². The molecule has 0 aromatic carbocycles. The predicted molar refractivity (Wildman–Crippen MR) is 57.9 cm³/mol. The fraction of sp³-hybridized carbons (Fsp3) is 1.00. The van der Waals surface area contributed by atoms with Crippen molar-refractivity contribution in [1.29, 1.82) is 0 Å². The highest BCUT2D eigenvalue weighted by molar-refractivity contribution is 14.1. The molecule has 0 atom stereocenters. The summed E-state index contributed by atoms with van der Waals surface area (Å²) in [6.07, 6.45) is 4.01. The molecule has 2 rings (SSSR count). The van der Waals surface area contributed by atoms with Gasteiger partial charge in [0.05, 0.1) is 0 Å². The maximum Gasteiger partial charge on any atom is 0.0342 e. The predicted octanol–water partition coefficient (Wildman–Crippen LogP) is 1.72.